The minimum Gasteiger partial charge on any atom is -0.387 e. The first-order valence-corrected chi connectivity index (χ1v) is 6.21. The van der Waals surface area contributed by atoms with E-state index in [-0.39, 0.29) is 5.25 Å². The van der Waals surface area contributed by atoms with Gasteiger partial charge >= 0.3 is 0 Å². The van der Waals surface area contributed by atoms with Crippen LogP contribution in [0.5, 0.6) is 0 Å². The fraction of sp³-hybridized carbons (Fsp3) is 0.400. The van der Waals surface area contributed by atoms with Crippen LogP contribution in [-0.2, 0) is 9.84 Å². The van der Waals surface area contributed by atoms with E-state index in [1.54, 1.807) is 25.2 Å². The van der Waals surface area contributed by atoms with Crippen LogP contribution in [0.25, 0.3) is 0 Å². The second kappa shape index (κ2) is 3.28. The summed E-state index contributed by atoms with van der Waals surface area (Å²) in [5.74, 6) is 0. The Labute approximate surface area is 84.1 Å². The fourth-order valence-electron chi connectivity index (χ4n) is 1.48. The lowest BCUT2D eigenvalue weighted by Crippen LogP contribution is -2.09. The van der Waals surface area contributed by atoms with Crippen molar-refractivity contribution in [1.82, 2.24) is 0 Å². The Hall–Kier alpha value is -1.03. The normalized spacial score (nSPS) is 16.6. The minimum atomic E-state index is -3.07. The van der Waals surface area contributed by atoms with Gasteiger partial charge in [0.2, 0.25) is 0 Å². The first-order valence-electron chi connectivity index (χ1n) is 4.67. The average Bonchev–Trinajstić information content (AvgIpc) is 3.01. The summed E-state index contributed by atoms with van der Waals surface area (Å²) in [7, 11) is -1.33. The number of hydrogen-bond donors (Lipinski definition) is 1. The summed E-state index contributed by atoms with van der Waals surface area (Å²) in [6, 6.07) is 7.04. The molecule has 0 heterocycles. The predicted molar refractivity (Wildman–Crippen MR) is 56.2 cm³/mol. The second-order valence-corrected chi connectivity index (χ2v) is 5.69. The maximum atomic E-state index is 11.9. The summed E-state index contributed by atoms with van der Waals surface area (Å²) in [4.78, 5) is 0.435. The van der Waals surface area contributed by atoms with Gasteiger partial charge in [0.25, 0.3) is 0 Å². The molecule has 1 aliphatic carbocycles. The lowest BCUT2D eigenvalue weighted by Gasteiger charge is -2.08. The zero-order chi connectivity index (χ0) is 10.2. The van der Waals surface area contributed by atoms with E-state index in [9.17, 15) is 8.42 Å². The molecular weight excluding hydrogens is 198 g/mol. The Morgan fingerprint density at radius 1 is 1.29 bits per heavy atom. The molecular formula is C10H13NO2S. The predicted octanol–water partition coefficient (Wildman–Crippen LogP) is 1.66. The van der Waals surface area contributed by atoms with Crippen molar-refractivity contribution in [2.24, 2.45) is 0 Å². The summed E-state index contributed by atoms with van der Waals surface area (Å²) in [6.07, 6.45) is 1.61. The number of benzene rings is 1. The van der Waals surface area contributed by atoms with Crippen molar-refractivity contribution >= 4 is 15.5 Å². The third-order valence-electron chi connectivity index (χ3n) is 2.43. The number of sulfone groups is 1. The number of rotatable bonds is 3. The highest BCUT2D eigenvalue weighted by atomic mass is 32.2. The Kier molecular flexibility index (Phi) is 2.23. The van der Waals surface area contributed by atoms with Crippen LogP contribution in [0.3, 0.4) is 0 Å². The summed E-state index contributed by atoms with van der Waals surface area (Å²) in [5.41, 5.74) is 0.694. The minimum absolute atomic E-state index is 0.142. The molecule has 1 N–H and O–H groups in total. The second-order valence-electron chi connectivity index (χ2n) is 3.49. The maximum absolute atomic E-state index is 11.9. The molecule has 1 saturated carbocycles. The monoisotopic (exact) mass is 211 g/mol. The van der Waals surface area contributed by atoms with Gasteiger partial charge in [0.15, 0.2) is 9.84 Å². The molecule has 0 bridgehead atoms. The standard InChI is InChI=1S/C10H13NO2S/c1-11-9-4-2-3-5-10(9)14(12,13)8-6-7-8/h2-5,8,11H,6-7H2,1H3. The summed E-state index contributed by atoms with van der Waals surface area (Å²) in [6.45, 7) is 0. The van der Waals surface area contributed by atoms with Crippen LogP contribution in [0, 0.1) is 0 Å². The zero-order valence-electron chi connectivity index (χ0n) is 8.03. The molecule has 0 spiro atoms. The van der Waals surface area contributed by atoms with Crippen LogP contribution in [-0.4, -0.2) is 20.7 Å². The van der Waals surface area contributed by atoms with Crippen LogP contribution < -0.4 is 5.32 Å². The van der Waals surface area contributed by atoms with Gasteiger partial charge in [-0.15, -0.1) is 0 Å². The SMILES string of the molecule is CNc1ccccc1S(=O)(=O)C1CC1. The van der Waals surface area contributed by atoms with E-state index in [1.165, 1.54) is 0 Å². The van der Waals surface area contributed by atoms with Crippen molar-refractivity contribution in [3.05, 3.63) is 24.3 Å². The number of para-hydroxylation sites is 1. The van der Waals surface area contributed by atoms with E-state index in [0.717, 1.165) is 12.8 Å². The van der Waals surface area contributed by atoms with Crippen LogP contribution in [0.15, 0.2) is 29.2 Å². The van der Waals surface area contributed by atoms with Crippen molar-refractivity contribution in [2.45, 2.75) is 23.0 Å². The van der Waals surface area contributed by atoms with E-state index < -0.39 is 9.84 Å². The number of anilines is 1. The van der Waals surface area contributed by atoms with Crippen molar-refractivity contribution in [2.75, 3.05) is 12.4 Å². The van der Waals surface area contributed by atoms with Gasteiger partial charge in [0.05, 0.1) is 15.8 Å². The highest BCUT2D eigenvalue weighted by molar-refractivity contribution is 7.92. The number of hydrogen-bond acceptors (Lipinski definition) is 3. The van der Waals surface area contributed by atoms with Gasteiger partial charge < -0.3 is 5.32 Å². The summed E-state index contributed by atoms with van der Waals surface area (Å²) in [5, 5.41) is 2.76. The largest absolute Gasteiger partial charge is 0.387 e. The van der Waals surface area contributed by atoms with Crippen molar-refractivity contribution < 1.29 is 8.42 Å². The molecule has 14 heavy (non-hydrogen) atoms. The van der Waals surface area contributed by atoms with Crippen molar-refractivity contribution in [3.8, 4) is 0 Å². The zero-order valence-corrected chi connectivity index (χ0v) is 8.84. The molecule has 0 aromatic heterocycles. The van der Waals surface area contributed by atoms with E-state index >= 15 is 0 Å². The van der Waals surface area contributed by atoms with Crippen LogP contribution >= 0.6 is 0 Å². The quantitative estimate of drug-likeness (QED) is 0.827. The maximum Gasteiger partial charge on any atom is 0.183 e. The first kappa shape index (κ1) is 9.52. The Bertz CT molecular complexity index is 435. The summed E-state index contributed by atoms with van der Waals surface area (Å²) < 4.78 is 23.9. The van der Waals surface area contributed by atoms with E-state index in [0.29, 0.717) is 10.6 Å². The molecule has 1 aliphatic rings. The third-order valence-corrected chi connectivity index (χ3v) is 4.74. The average molecular weight is 211 g/mol. The summed E-state index contributed by atoms with van der Waals surface area (Å²) >= 11 is 0. The van der Waals surface area contributed by atoms with Crippen LogP contribution in [0.4, 0.5) is 5.69 Å². The van der Waals surface area contributed by atoms with Gasteiger partial charge in [-0.05, 0) is 25.0 Å². The van der Waals surface area contributed by atoms with Gasteiger partial charge in [-0.3, -0.25) is 0 Å². The molecule has 3 nitrogen and oxygen atoms in total. The Morgan fingerprint density at radius 2 is 1.93 bits per heavy atom. The van der Waals surface area contributed by atoms with Gasteiger partial charge in [-0.1, -0.05) is 12.1 Å². The molecule has 4 heteroatoms. The molecule has 1 aromatic carbocycles. The van der Waals surface area contributed by atoms with Gasteiger partial charge in [0, 0.05) is 7.05 Å². The fourth-order valence-corrected chi connectivity index (χ4v) is 3.34. The topological polar surface area (TPSA) is 46.2 Å². The Balaban J connectivity index is 2.49. The van der Waals surface area contributed by atoms with E-state index in [1.807, 2.05) is 6.07 Å². The molecule has 1 fully saturated rings. The highest BCUT2D eigenvalue weighted by Gasteiger charge is 2.37. The van der Waals surface area contributed by atoms with E-state index in [2.05, 4.69) is 5.32 Å². The molecule has 0 aliphatic heterocycles. The smallest absolute Gasteiger partial charge is 0.183 e. The molecule has 76 valence electrons. The van der Waals surface area contributed by atoms with Crippen LogP contribution in [0.2, 0.25) is 0 Å². The highest BCUT2D eigenvalue weighted by Crippen LogP contribution is 2.36. The van der Waals surface area contributed by atoms with Gasteiger partial charge in [0.1, 0.15) is 0 Å². The number of nitrogens with one attached hydrogen (secondary N) is 1. The molecule has 0 radical (unpaired) electrons. The third kappa shape index (κ3) is 1.50. The Morgan fingerprint density at radius 3 is 2.50 bits per heavy atom. The molecule has 2 rings (SSSR count). The molecule has 0 saturated heterocycles. The molecule has 0 unspecified atom stereocenters. The van der Waals surface area contributed by atoms with Gasteiger partial charge in [-0.2, -0.15) is 0 Å². The molecule has 0 atom stereocenters. The lowest BCUT2D eigenvalue weighted by atomic mass is 10.3. The molecule has 1 aromatic rings. The van der Waals surface area contributed by atoms with Gasteiger partial charge in [-0.25, -0.2) is 8.42 Å². The van der Waals surface area contributed by atoms with Crippen molar-refractivity contribution in [3.63, 3.8) is 0 Å². The van der Waals surface area contributed by atoms with E-state index in [4.69, 9.17) is 0 Å². The first-order chi connectivity index (χ1) is 6.66. The van der Waals surface area contributed by atoms with Crippen molar-refractivity contribution in [1.29, 1.82) is 0 Å². The van der Waals surface area contributed by atoms with Crippen LogP contribution in [0.1, 0.15) is 12.8 Å². The lowest BCUT2D eigenvalue weighted by molar-refractivity contribution is 0.595. The molecule has 0 amide bonds.